The van der Waals surface area contributed by atoms with E-state index in [4.69, 9.17) is 0 Å². The molecule has 1 aromatic heterocycles. The van der Waals surface area contributed by atoms with Gasteiger partial charge in [0, 0.05) is 11.6 Å². The smallest absolute Gasteiger partial charge is 0.164 e. The van der Waals surface area contributed by atoms with E-state index in [1.165, 1.54) is 29.9 Å². The Morgan fingerprint density at radius 1 is 1.32 bits per heavy atom. The summed E-state index contributed by atoms with van der Waals surface area (Å²) in [5.74, 6) is -0.993. The second kappa shape index (κ2) is 5.05. The molecule has 0 spiro atoms. The Morgan fingerprint density at radius 2 is 2.16 bits per heavy atom. The third kappa shape index (κ3) is 2.96. The lowest BCUT2D eigenvalue weighted by molar-refractivity contribution is 0.491. The van der Waals surface area contributed by atoms with E-state index in [-0.39, 0.29) is 12.1 Å². The number of nitrogens with one attached hydrogen (secondary N) is 1. The number of hydrogen-bond acceptors (Lipinski definition) is 3. The molecule has 1 saturated carbocycles. The summed E-state index contributed by atoms with van der Waals surface area (Å²) < 4.78 is 28.1. The summed E-state index contributed by atoms with van der Waals surface area (Å²) in [6, 6.07) is 4.72. The molecule has 1 aliphatic carbocycles. The zero-order valence-electron chi connectivity index (χ0n) is 10.3. The van der Waals surface area contributed by atoms with E-state index < -0.39 is 11.6 Å². The van der Waals surface area contributed by atoms with Crippen molar-refractivity contribution in [1.29, 1.82) is 0 Å². The quantitative estimate of drug-likeness (QED) is 0.896. The summed E-state index contributed by atoms with van der Waals surface area (Å²) in [6.45, 7) is 0.795. The van der Waals surface area contributed by atoms with Gasteiger partial charge >= 0.3 is 0 Å². The molecule has 3 rings (SSSR count). The molecule has 0 unspecified atom stereocenters. The minimum absolute atomic E-state index is 0.181. The van der Waals surface area contributed by atoms with Crippen LogP contribution in [-0.4, -0.2) is 20.8 Å². The minimum atomic E-state index is -0.840. The molecule has 1 heterocycles. The van der Waals surface area contributed by atoms with Crippen LogP contribution in [0.15, 0.2) is 24.5 Å². The van der Waals surface area contributed by atoms with Gasteiger partial charge in [0.25, 0.3) is 0 Å². The fourth-order valence-corrected chi connectivity index (χ4v) is 1.86. The van der Waals surface area contributed by atoms with E-state index in [2.05, 4.69) is 15.4 Å². The number of hydrogen-bond donors (Lipinski definition) is 1. The minimum Gasteiger partial charge on any atom is -0.307 e. The van der Waals surface area contributed by atoms with Gasteiger partial charge in [-0.15, -0.1) is 0 Å². The van der Waals surface area contributed by atoms with Gasteiger partial charge in [0.15, 0.2) is 17.5 Å². The maximum Gasteiger partial charge on any atom is 0.164 e. The molecular formula is C13H14F2N4. The average Bonchev–Trinajstić information content (AvgIpc) is 3.13. The van der Waals surface area contributed by atoms with Gasteiger partial charge in [0.05, 0.1) is 13.1 Å². The van der Waals surface area contributed by atoms with E-state index >= 15 is 0 Å². The van der Waals surface area contributed by atoms with Gasteiger partial charge in [-0.1, -0.05) is 12.1 Å². The van der Waals surface area contributed by atoms with Crippen LogP contribution in [0, 0.1) is 11.6 Å². The Balaban J connectivity index is 1.67. The molecule has 19 heavy (non-hydrogen) atoms. The Hall–Kier alpha value is -1.82. The van der Waals surface area contributed by atoms with E-state index in [0.29, 0.717) is 18.4 Å². The summed E-state index contributed by atoms with van der Waals surface area (Å²) >= 11 is 0. The Morgan fingerprint density at radius 3 is 2.95 bits per heavy atom. The molecule has 1 N–H and O–H groups in total. The third-order valence-corrected chi connectivity index (χ3v) is 3.07. The molecule has 0 radical (unpaired) electrons. The maximum atomic E-state index is 13.5. The van der Waals surface area contributed by atoms with Gasteiger partial charge in [-0.25, -0.2) is 18.4 Å². The van der Waals surface area contributed by atoms with Crippen LogP contribution in [0.2, 0.25) is 0 Å². The van der Waals surface area contributed by atoms with E-state index in [1.807, 2.05) is 0 Å². The lowest BCUT2D eigenvalue weighted by atomic mass is 10.2. The molecule has 0 amide bonds. The molecule has 100 valence electrons. The molecule has 1 aliphatic rings. The first-order valence-corrected chi connectivity index (χ1v) is 6.27. The highest BCUT2D eigenvalue weighted by Crippen LogP contribution is 2.18. The first-order valence-electron chi connectivity index (χ1n) is 6.27. The Kier molecular flexibility index (Phi) is 3.25. The fraction of sp³-hybridized carbons (Fsp3) is 0.385. The molecule has 0 bridgehead atoms. The van der Waals surface area contributed by atoms with Gasteiger partial charge in [-0.05, 0) is 18.9 Å². The van der Waals surface area contributed by atoms with Crippen LogP contribution in [0.1, 0.15) is 24.2 Å². The fourth-order valence-electron chi connectivity index (χ4n) is 1.86. The van der Waals surface area contributed by atoms with Gasteiger partial charge in [-0.2, -0.15) is 5.10 Å². The summed E-state index contributed by atoms with van der Waals surface area (Å²) in [5.41, 5.74) is 0.270. The summed E-state index contributed by atoms with van der Waals surface area (Å²) in [4.78, 5) is 4.14. The molecule has 0 atom stereocenters. The second-order valence-corrected chi connectivity index (χ2v) is 4.73. The SMILES string of the molecule is Fc1cccc(Cn2cnc(CNC3CC3)n2)c1F. The van der Waals surface area contributed by atoms with Crippen molar-refractivity contribution in [3.8, 4) is 0 Å². The molecular weight excluding hydrogens is 250 g/mol. The number of nitrogens with zero attached hydrogens (tertiary/aromatic N) is 3. The summed E-state index contributed by atoms with van der Waals surface area (Å²) in [6.07, 6.45) is 3.94. The highest BCUT2D eigenvalue weighted by molar-refractivity contribution is 5.19. The van der Waals surface area contributed by atoms with Crippen LogP contribution in [0.3, 0.4) is 0 Å². The van der Waals surface area contributed by atoms with Gasteiger partial charge in [0.1, 0.15) is 6.33 Å². The van der Waals surface area contributed by atoms with Crippen LogP contribution in [0.25, 0.3) is 0 Å². The number of benzene rings is 1. The summed E-state index contributed by atoms with van der Waals surface area (Å²) in [7, 11) is 0. The van der Waals surface area contributed by atoms with Crippen molar-refractivity contribution in [2.75, 3.05) is 0 Å². The predicted molar refractivity (Wildman–Crippen MR) is 65.3 cm³/mol. The van der Waals surface area contributed by atoms with Crippen LogP contribution in [0.4, 0.5) is 8.78 Å². The normalized spacial score (nSPS) is 14.8. The van der Waals surface area contributed by atoms with Crippen molar-refractivity contribution >= 4 is 0 Å². The predicted octanol–water partition coefficient (Wildman–Crippen LogP) is 1.86. The van der Waals surface area contributed by atoms with E-state index in [1.54, 1.807) is 6.07 Å². The lowest BCUT2D eigenvalue weighted by Crippen LogP contribution is -2.16. The molecule has 0 aliphatic heterocycles. The second-order valence-electron chi connectivity index (χ2n) is 4.73. The van der Waals surface area contributed by atoms with E-state index in [9.17, 15) is 8.78 Å². The van der Waals surface area contributed by atoms with Crippen LogP contribution < -0.4 is 5.32 Å². The number of rotatable bonds is 5. The largest absolute Gasteiger partial charge is 0.307 e. The van der Waals surface area contributed by atoms with Gasteiger partial charge in [-0.3, -0.25) is 0 Å². The molecule has 1 fully saturated rings. The third-order valence-electron chi connectivity index (χ3n) is 3.07. The molecule has 0 saturated heterocycles. The van der Waals surface area contributed by atoms with Crippen LogP contribution in [-0.2, 0) is 13.1 Å². The summed E-state index contributed by atoms with van der Waals surface area (Å²) in [5, 5.41) is 7.53. The van der Waals surface area contributed by atoms with Crippen LogP contribution >= 0.6 is 0 Å². The van der Waals surface area contributed by atoms with Gasteiger partial charge in [0.2, 0.25) is 0 Å². The highest BCUT2D eigenvalue weighted by atomic mass is 19.2. The maximum absolute atomic E-state index is 13.5. The highest BCUT2D eigenvalue weighted by Gasteiger charge is 2.20. The zero-order valence-corrected chi connectivity index (χ0v) is 10.3. The van der Waals surface area contributed by atoms with Crippen LogP contribution in [0.5, 0.6) is 0 Å². The Bertz CT molecular complexity index is 578. The number of halogens is 2. The molecule has 1 aromatic carbocycles. The standard InChI is InChI=1S/C13H14F2N4/c14-11-3-1-2-9(13(11)15)7-19-8-17-12(18-19)6-16-10-4-5-10/h1-3,8,10,16H,4-7H2. The molecule has 2 aromatic rings. The number of aromatic nitrogens is 3. The van der Waals surface area contributed by atoms with E-state index in [0.717, 1.165) is 6.07 Å². The topological polar surface area (TPSA) is 42.7 Å². The van der Waals surface area contributed by atoms with Crippen molar-refractivity contribution in [2.24, 2.45) is 0 Å². The average molecular weight is 264 g/mol. The van der Waals surface area contributed by atoms with Crippen molar-refractivity contribution in [2.45, 2.75) is 32.0 Å². The first kappa shape index (κ1) is 12.2. The van der Waals surface area contributed by atoms with Crippen molar-refractivity contribution < 1.29 is 8.78 Å². The zero-order chi connectivity index (χ0) is 13.2. The lowest BCUT2D eigenvalue weighted by Gasteiger charge is -2.03. The van der Waals surface area contributed by atoms with Crippen molar-refractivity contribution in [3.05, 3.63) is 47.5 Å². The molecule has 6 heteroatoms. The Labute approximate surface area is 109 Å². The van der Waals surface area contributed by atoms with Crippen molar-refractivity contribution in [1.82, 2.24) is 20.1 Å². The molecule has 4 nitrogen and oxygen atoms in total. The first-order chi connectivity index (χ1) is 9.22. The van der Waals surface area contributed by atoms with Gasteiger partial charge < -0.3 is 5.32 Å². The van der Waals surface area contributed by atoms with Crippen molar-refractivity contribution in [3.63, 3.8) is 0 Å². The monoisotopic (exact) mass is 264 g/mol.